The molecule has 0 bridgehead atoms. The molecule has 1 saturated heterocycles. The predicted octanol–water partition coefficient (Wildman–Crippen LogP) is 1.91. The number of nitrogens with one attached hydrogen (secondary N) is 1. The molecule has 2 aromatic carbocycles. The van der Waals surface area contributed by atoms with Gasteiger partial charge in [0, 0.05) is 39.6 Å². The standard InChI is InChI=1S/C21H27N3O4/c1-16(25)22-18-6-2-5-9-21(18)28-15-17(26)14-23-10-12-24(13-11-23)19-7-3-4-8-20(19)27/h2-9,17,26-27H,10-15H2,1H3,(H,22,25). The Morgan fingerprint density at radius 3 is 2.50 bits per heavy atom. The molecule has 0 radical (unpaired) electrons. The Morgan fingerprint density at radius 1 is 1.11 bits per heavy atom. The molecule has 1 atom stereocenters. The molecule has 1 heterocycles. The molecule has 1 aliphatic heterocycles. The molecule has 1 aliphatic rings. The Morgan fingerprint density at radius 2 is 1.79 bits per heavy atom. The Balaban J connectivity index is 1.46. The summed E-state index contributed by atoms with van der Waals surface area (Å²) in [6.45, 7) is 5.28. The summed E-state index contributed by atoms with van der Waals surface area (Å²) in [5.74, 6) is 0.669. The fourth-order valence-corrected chi connectivity index (χ4v) is 3.33. The van der Waals surface area contributed by atoms with E-state index in [1.54, 1.807) is 18.2 Å². The van der Waals surface area contributed by atoms with Crippen LogP contribution in [-0.4, -0.2) is 66.5 Å². The van der Waals surface area contributed by atoms with Gasteiger partial charge in [-0.1, -0.05) is 24.3 Å². The van der Waals surface area contributed by atoms with E-state index in [-0.39, 0.29) is 12.5 Å². The molecular weight excluding hydrogens is 358 g/mol. The van der Waals surface area contributed by atoms with Crippen LogP contribution in [0.1, 0.15) is 6.92 Å². The first kappa shape index (κ1) is 20.0. The predicted molar refractivity (Wildman–Crippen MR) is 109 cm³/mol. The number of aromatic hydroxyl groups is 1. The Kier molecular flexibility index (Phi) is 6.73. The molecule has 0 spiro atoms. The molecule has 28 heavy (non-hydrogen) atoms. The monoisotopic (exact) mass is 385 g/mol. The van der Waals surface area contributed by atoms with Gasteiger partial charge in [0.1, 0.15) is 24.2 Å². The first-order chi connectivity index (χ1) is 13.5. The van der Waals surface area contributed by atoms with Crippen LogP contribution in [-0.2, 0) is 4.79 Å². The van der Waals surface area contributed by atoms with Crippen LogP contribution in [0.25, 0.3) is 0 Å². The molecule has 7 heteroatoms. The molecule has 3 rings (SSSR count). The summed E-state index contributed by atoms with van der Waals surface area (Å²) >= 11 is 0. The van der Waals surface area contributed by atoms with Gasteiger partial charge in [0.2, 0.25) is 5.91 Å². The number of phenolic OH excluding ortho intramolecular Hbond substituents is 1. The van der Waals surface area contributed by atoms with Crippen molar-refractivity contribution in [3.63, 3.8) is 0 Å². The van der Waals surface area contributed by atoms with Crippen LogP contribution in [0.2, 0.25) is 0 Å². The van der Waals surface area contributed by atoms with Crippen LogP contribution in [0, 0.1) is 0 Å². The smallest absolute Gasteiger partial charge is 0.221 e. The van der Waals surface area contributed by atoms with Crippen LogP contribution in [0.5, 0.6) is 11.5 Å². The SMILES string of the molecule is CC(=O)Nc1ccccc1OCC(O)CN1CCN(c2ccccc2O)CC1. The third kappa shape index (κ3) is 5.37. The number of hydrogen-bond acceptors (Lipinski definition) is 6. The Hall–Kier alpha value is -2.77. The van der Waals surface area contributed by atoms with Crippen molar-refractivity contribution in [2.75, 3.05) is 49.5 Å². The van der Waals surface area contributed by atoms with Gasteiger partial charge in [0.25, 0.3) is 0 Å². The number of hydrogen-bond donors (Lipinski definition) is 3. The number of amides is 1. The third-order valence-corrected chi connectivity index (χ3v) is 4.69. The first-order valence-electron chi connectivity index (χ1n) is 9.45. The molecule has 7 nitrogen and oxygen atoms in total. The van der Waals surface area contributed by atoms with Crippen molar-refractivity contribution in [1.82, 2.24) is 4.90 Å². The van der Waals surface area contributed by atoms with Crippen molar-refractivity contribution in [2.45, 2.75) is 13.0 Å². The number of nitrogens with zero attached hydrogens (tertiary/aromatic N) is 2. The van der Waals surface area contributed by atoms with Gasteiger partial charge in [-0.3, -0.25) is 9.69 Å². The van der Waals surface area contributed by atoms with E-state index in [4.69, 9.17) is 4.74 Å². The molecule has 0 aromatic heterocycles. The fourth-order valence-electron chi connectivity index (χ4n) is 3.33. The summed E-state index contributed by atoms with van der Waals surface area (Å²) in [5, 5.41) is 23.1. The minimum atomic E-state index is -0.637. The van der Waals surface area contributed by atoms with Gasteiger partial charge in [0.05, 0.1) is 11.4 Å². The van der Waals surface area contributed by atoms with E-state index in [1.807, 2.05) is 30.3 Å². The third-order valence-electron chi connectivity index (χ3n) is 4.69. The molecule has 3 N–H and O–H groups in total. The highest BCUT2D eigenvalue weighted by Gasteiger charge is 2.21. The number of piperazine rings is 1. The number of aliphatic hydroxyl groups excluding tert-OH is 1. The molecule has 0 aliphatic carbocycles. The number of carbonyl (C=O) groups excluding carboxylic acids is 1. The quantitative estimate of drug-likeness (QED) is 0.675. The van der Waals surface area contributed by atoms with E-state index in [1.165, 1.54) is 6.92 Å². The summed E-state index contributed by atoms with van der Waals surface area (Å²) in [6, 6.07) is 14.5. The van der Waals surface area contributed by atoms with Gasteiger partial charge in [0.15, 0.2) is 0 Å². The summed E-state index contributed by atoms with van der Waals surface area (Å²) in [4.78, 5) is 15.6. The summed E-state index contributed by atoms with van der Waals surface area (Å²) in [7, 11) is 0. The Bertz CT molecular complexity index is 791. The first-order valence-corrected chi connectivity index (χ1v) is 9.45. The van der Waals surface area contributed by atoms with Crippen molar-refractivity contribution in [3.8, 4) is 11.5 Å². The van der Waals surface area contributed by atoms with Crippen LogP contribution in [0.4, 0.5) is 11.4 Å². The van der Waals surface area contributed by atoms with Crippen LogP contribution in [0.3, 0.4) is 0 Å². The highest BCUT2D eigenvalue weighted by molar-refractivity contribution is 5.90. The number of β-amino-alcohol motifs (C(OH)–C–C–N with tert-alkyl or cyclic N) is 1. The van der Waals surface area contributed by atoms with Crippen molar-refractivity contribution >= 4 is 17.3 Å². The molecule has 1 amide bonds. The number of phenols is 1. The molecule has 0 saturated carbocycles. The normalized spacial score (nSPS) is 15.9. The van der Waals surface area contributed by atoms with Crippen molar-refractivity contribution in [1.29, 1.82) is 0 Å². The summed E-state index contributed by atoms with van der Waals surface area (Å²) in [6.07, 6.45) is -0.637. The number of aliphatic hydroxyl groups is 1. The lowest BCUT2D eigenvalue weighted by Crippen LogP contribution is -2.49. The van der Waals surface area contributed by atoms with Gasteiger partial charge in [-0.15, -0.1) is 0 Å². The highest BCUT2D eigenvalue weighted by Crippen LogP contribution is 2.27. The van der Waals surface area contributed by atoms with Crippen LogP contribution < -0.4 is 15.0 Å². The lowest BCUT2D eigenvalue weighted by atomic mass is 10.2. The maximum atomic E-state index is 11.3. The van der Waals surface area contributed by atoms with Gasteiger partial charge < -0.3 is 25.2 Å². The van der Waals surface area contributed by atoms with E-state index >= 15 is 0 Å². The number of rotatable bonds is 7. The second-order valence-corrected chi connectivity index (χ2v) is 6.92. The summed E-state index contributed by atoms with van der Waals surface area (Å²) in [5.41, 5.74) is 1.44. The maximum absolute atomic E-state index is 11.3. The lowest BCUT2D eigenvalue weighted by molar-refractivity contribution is -0.114. The zero-order chi connectivity index (χ0) is 19.9. The number of para-hydroxylation sites is 4. The minimum absolute atomic E-state index is 0.149. The molecule has 150 valence electrons. The number of carbonyl (C=O) groups is 1. The second-order valence-electron chi connectivity index (χ2n) is 6.92. The van der Waals surface area contributed by atoms with Gasteiger partial charge in [-0.2, -0.15) is 0 Å². The molecule has 2 aromatic rings. The Labute approximate surface area is 165 Å². The average molecular weight is 385 g/mol. The largest absolute Gasteiger partial charge is 0.506 e. The zero-order valence-electron chi connectivity index (χ0n) is 16.0. The van der Waals surface area contributed by atoms with Crippen molar-refractivity contribution in [3.05, 3.63) is 48.5 Å². The average Bonchev–Trinajstić information content (AvgIpc) is 2.68. The van der Waals surface area contributed by atoms with Crippen molar-refractivity contribution in [2.24, 2.45) is 0 Å². The molecule has 1 fully saturated rings. The van der Waals surface area contributed by atoms with E-state index in [0.29, 0.717) is 23.7 Å². The fraction of sp³-hybridized carbons (Fsp3) is 0.381. The highest BCUT2D eigenvalue weighted by atomic mass is 16.5. The summed E-state index contributed by atoms with van der Waals surface area (Å²) < 4.78 is 5.71. The number of anilines is 2. The van der Waals surface area contributed by atoms with Gasteiger partial charge in [-0.05, 0) is 24.3 Å². The second kappa shape index (κ2) is 9.43. The lowest BCUT2D eigenvalue weighted by Gasteiger charge is -2.37. The number of ether oxygens (including phenoxy) is 1. The van der Waals surface area contributed by atoms with E-state index in [2.05, 4.69) is 15.1 Å². The minimum Gasteiger partial charge on any atom is -0.506 e. The molecular formula is C21H27N3O4. The zero-order valence-corrected chi connectivity index (χ0v) is 16.0. The van der Waals surface area contributed by atoms with Gasteiger partial charge >= 0.3 is 0 Å². The van der Waals surface area contributed by atoms with E-state index in [0.717, 1.165) is 31.9 Å². The molecule has 1 unspecified atom stereocenters. The number of benzene rings is 2. The van der Waals surface area contributed by atoms with E-state index < -0.39 is 6.10 Å². The van der Waals surface area contributed by atoms with Crippen molar-refractivity contribution < 1.29 is 19.7 Å². The van der Waals surface area contributed by atoms with E-state index in [9.17, 15) is 15.0 Å². The van der Waals surface area contributed by atoms with Gasteiger partial charge in [-0.25, -0.2) is 0 Å². The maximum Gasteiger partial charge on any atom is 0.221 e. The van der Waals surface area contributed by atoms with Crippen LogP contribution >= 0.6 is 0 Å². The topological polar surface area (TPSA) is 85.3 Å². The van der Waals surface area contributed by atoms with Crippen LogP contribution in [0.15, 0.2) is 48.5 Å².